The highest BCUT2D eigenvalue weighted by molar-refractivity contribution is 7.92. The Balaban J connectivity index is 1.25. The van der Waals surface area contributed by atoms with Crippen molar-refractivity contribution in [3.8, 4) is 21.5 Å². The van der Waals surface area contributed by atoms with Crippen molar-refractivity contribution >= 4 is 66.6 Å². The van der Waals surface area contributed by atoms with Crippen LogP contribution in [0.4, 0.5) is 32.2 Å². The lowest BCUT2D eigenvalue weighted by molar-refractivity contribution is -0.123. The van der Waals surface area contributed by atoms with Crippen LogP contribution in [0.3, 0.4) is 0 Å². The van der Waals surface area contributed by atoms with E-state index in [4.69, 9.17) is 21.3 Å². The molecule has 24 heteroatoms. The van der Waals surface area contributed by atoms with E-state index in [1.165, 1.54) is 49.3 Å². The van der Waals surface area contributed by atoms with E-state index in [2.05, 4.69) is 30.2 Å². The molecule has 2 aliphatic carbocycles. The SMILES string of the molecule is COc1ncc(-c2ccc3c(=O)n(-c4ccc(Cl)c5c(NS(C)(=O)=O)nn(C)c45)c([C@H](Cc4cc(F)cc(F)c4)NC(=O)Cn4nc(C(F)F)c5c4C(F)(F)[C@@H]4C[C@H]54)nc3n2)s1. The molecule has 0 saturated heterocycles. The Morgan fingerprint density at radius 3 is 2.52 bits per heavy atom. The number of hydrogen-bond acceptors (Lipinski definition) is 11. The number of carbonyl (C=O) groups is 1. The van der Waals surface area contributed by atoms with Gasteiger partial charge in [0.2, 0.25) is 15.9 Å². The highest BCUT2D eigenvalue weighted by Crippen LogP contribution is 2.68. The molecule has 3 atom stereocenters. The van der Waals surface area contributed by atoms with E-state index in [1.807, 2.05) is 0 Å². The number of rotatable bonds is 12. The summed E-state index contributed by atoms with van der Waals surface area (Å²) in [6.45, 7) is -1.00. The number of benzene rings is 2. The van der Waals surface area contributed by atoms with Gasteiger partial charge >= 0.3 is 0 Å². The fraction of sp³-hybridized carbons (Fsp3) is 0.289. The average Bonchev–Trinajstić information content (AvgIpc) is 3.42. The first-order valence-electron chi connectivity index (χ1n) is 18.4. The Labute approximate surface area is 354 Å². The van der Waals surface area contributed by atoms with Crippen molar-refractivity contribution in [3.63, 3.8) is 0 Å². The number of aryl methyl sites for hydroxylation is 1. The molecule has 0 aliphatic heterocycles. The first-order valence-corrected chi connectivity index (χ1v) is 21.5. The van der Waals surface area contributed by atoms with Crippen LogP contribution in [-0.2, 0) is 40.8 Å². The van der Waals surface area contributed by atoms with Crippen molar-refractivity contribution in [2.75, 3.05) is 18.1 Å². The number of anilines is 1. The molecule has 62 heavy (non-hydrogen) atoms. The van der Waals surface area contributed by atoms with E-state index in [9.17, 15) is 35.6 Å². The molecular weight excluding hydrogens is 890 g/mol. The molecule has 0 bridgehead atoms. The number of nitrogens with zero attached hydrogens (tertiary/aromatic N) is 8. The zero-order valence-corrected chi connectivity index (χ0v) is 34.5. The minimum atomic E-state index is -3.92. The molecule has 5 aromatic heterocycles. The molecule has 2 aromatic carbocycles. The number of halogens is 7. The fourth-order valence-corrected chi connectivity index (χ4v) is 9.51. The number of pyridine rings is 1. The molecule has 0 spiro atoms. The van der Waals surface area contributed by atoms with Crippen LogP contribution >= 0.6 is 22.9 Å². The molecule has 1 amide bonds. The van der Waals surface area contributed by atoms with Crippen LogP contribution in [0.25, 0.3) is 38.2 Å². The standard InChI is InChI=1S/C38H29ClF6N10O5S2/c1-53-30-24(7-5-21(39)28(30)34(51-53)52-62(3,58)59)55-35(49-33-18(36(55)57)4-6-22(48-33)25-13-46-37(60-2)61-25)23(10-15-8-16(40)11-17(41)9-15)47-26(56)14-54-31-27(29(50-54)32(42)43)19-12-20(19)38(31,44)45/h4-9,11,13,19-20,23,32H,10,12,14H2,1-3H3,(H,47,56)(H,51,52)/t19-,20+,23-/m0/s1. The summed E-state index contributed by atoms with van der Waals surface area (Å²) in [7, 11) is -1.06. The molecule has 1 saturated carbocycles. The number of methoxy groups -OCH3 is 1. The molecule has 9 rings (SSSR count). The Hall–Kier alpha value is -6.07. The number of aromatic nitrogens is 8. The van der Waals surface area contributed by atoms with Gasteiger partial charge in [0.25, 0.3) is 23.1 Å². The van der Waals surface area contributed by atoms with Crippen molar-refractivity contribution in [2.24, 2.45) is 13.0 Å². The van der Waals surface area contributed by atoms with Gasteiger partial charge in [-0.1, -0.05) is 22.9 Å². The summed E-state index contributed by atoms with van der Waals surface area (Å²) in [4.78, 5) is 43.1. The summed E-state index contributed by atoms with van der Waals surface area (Å²) in [6, 6.07) is 6.70. The first kappa shape index (κ1) is 41.3. The van der Waals surface area contributed by atoms with Gasteiger partial charge in [0.15, 0.2) is 11.5 Å². The fourth-order valence-electron chi connectivity index (χ4n) is 8.07. The summed E-state index contributed by atoms with van der Waals surface area (Å²) in [6.07, 6.45) is -1.35. The van der Waals surface area contributed by atoms with Gasteiger partial charge in [0, 0.05) is 31.0 Å². The molecule has 2 aliphatic rings. The number of ether oxygens (including phenoxy) is 1. The number of sulfonamides is 1. The monoisotopic (exact) mass is 918 g/mol. The van der Waals surface area contributed by atoms with Crippen LogP contribution in [0.5, 0.6) is 5.19 Å². The van der Waals surface area contributed by atoms with E-state index >= 15 is 8.78 Å². The minimum Gasteiger partial charge on any atom is -0.473 e. The van der Waals surface area contributed by atoms with Gasteiger partial charge in [-0.15, -0.1) is 0 Å². The quantitative estimate of drug-likeness (QED) is 0.128. The summed E-state index contributed by atoms with van der Waals surface area (Å²) < 4.78 is 124. The van der Waals surface area contributed by atoms with E-state index in [0.717, 1.165) is 34.3 Å². The number of hydrogen-bond donors (Lipinski definition) is 2. The number of carbonyl (C=O) groups excluding carboxylic acids is 1. The van der Waals surface area contributed by atoms with E-state index in [-0.39, 0.29) is 61.8 Å². The molecule has 0 radical (unpaired) electrons. The topological polar surface area (TPSA) is 181 Å². The second kappa shape index (κ2) is 14.8. The smallest absolute Gasteiger partial charge is 0.293 e. The predicted octanol–water partition coefficient (Wildman–Crippen LogP) is 6.55. The largest absolute Gasteiger partial charge is 0.473 e. The average molecular weight is 919 g/mol. The minimum absolute atomic E-state index is 0.0121. The third-order valence-electron chi connectivity index (χ3n) is 10.6. The highest BCUT2D eigenvalue weighted by atomic mass is 35.5. The highest BCUT2D eigenvalue weighted by Gasteiger charge is 2.67. The van der Waals surface area contributed by atoms with Gasteiger partial charge in [-0.3, -0.25) is 28.2 Å². The summed E-state index contributed by atoms with van der Waals surface area (Å²) >= 11 is 7.75. The lowest BCUT2D eigenvalue weighted by Crippen LogP contribution is -2.38. The second-order valence-electron chi connectivity index (χ2n) is 14.8. The number of fused-ring (bicyclic) bond motifs is 5. The lowest BCUT2D eigenvalue weighted by Gasteiger charge is -2.24. The maximum absolute atomic E-state index is 15.5. The Kier molecular flexibility index (Phi) is 9.85. The molecular formula is C38H29ClF6N10O5S2. The molecule has 7 aromatic rings. The van der Waals surface area contributed by atoms with Crippen molar-refractivity contribution in [1.82, 2.24) is 44.4 Å². The zero-order chi connectivity index (χ0) is 44.2. The van der Waals surface area contributed by atoms with Gasteiger partial charge in [0.05, 0.1) is 63.2 Å². The van der Waals surface area contributed by atoms with E-state index < -0.39 is 87.7 Å². The number of thiazole rings is 1. The molecule has 15 nitrogen and oxygen atoms in total. The molecule has 5 heterocycles. The van der Waals surface area contributed by atoms with Crippen LogP contribution < -0.4 is 20.3 Å². The third kappa shape index (κ3) is 7.09. The molecule has 2 N–H and O–H groups in total. The normalized spacial score (nSPS) is 17.1. The van der Waals surface area contributed by atoms with Gasteiger partial charge < -0.3 is 10.1 Å². The maximum Gasteiger partial charge on any atom is 0.293 e. The Bertz CT molecular complexity index is 3170. The van der Waals surface area contributed by atoms with Gasteiger partial charge in [-0.2, -0.15) is 19.0 Å². The van der Waals surface area contributed by atoms with Gasteiger partial charge in [0.1, 0.15) is 35.4 Å². The summed E-state index contributed by atoms with van der Waals surface area (Å²) in [5.74, 6) is -9.19. The van der Waals surface area contributed by atoms with Crippen molar-refractivity contribution < 1.29 is 44.3 Å². The van der Waals surface area contributed by atoms with Crippen molar-refractivity contribution in [1.29, 1.82) is 0 Å². The molecule has 0 unspecified atom stereocenters. The van der Waals surface area contributed by atoms with Crippen molar-refractivity contribution in [2.45, 2.75) is 43.7 Å². The van der Waals surface area contributed by atoms with Crippen molar-refractivity contribution in [3.05, 3.63) is 104 Å². The number of alkyl halides is 4. The van der Waals surface area contributed by atoms with Gasteiger partial charge in [-0.25, -0.2) is 40.9 Å². The summed E-state index contributed by atoms with van der Waals surface area (Å²) in [5, 5.41) is 11.0. The van der Waals surface area contributed by atoms with Crippen LogP contribution in [-0.4, -0.2) is 66.8 Å². The molecule has 1 fully saturated rings. The second-order valence-corrected chi connectivity index (χ2v) is 17.9. The zero-order valence-electron chi connectivity index (χ0n) is 32.1. The Morgan fingerprint density at radius 1 is 1.10 bits per heavy atom. The number of nitrogens with one attached hydrogen (secondary N) is 2. The van der Waals surface area contributed by atoms with Gasteiger partial charge in [-0.05, 0) is 54.3 Å². The molecule has 322 valence electrons. The first-order chi connectivity index (χ1) is 29.3. The van der Waals surface area contributed by atoms with Crippen LogP contribution in [0, 0.1) is 17.6 Å². The number of amides is 1. The lowest BCUT2D eigenvalue weighted by atomic mass is 10.0. The van der Waals surface area contributed by atoms with Crippen LogP contribution in [0.2, 0.25) is 5.02 Å². The van der Waals surface area contributed by atoms with E-state index in [1.54, 1.807) is 0 Å². The third-order valence-corrected chi connectivity index (χ3v) is 12.4. The van der Waals surface area contributed by atoms with Crippen LogP contribution in [0.1, 0.15) is 53.1 Å². The summed E-state index contributed by atoms with van der Waals surface area (Å²) in [5.41, 5.74) is -2.61. The maximum atomic E-state index is 15.5. The predicted molar refractivity (Wildman–Crippen MR) is 213 cm³/mol. The Morgan fingerprint density at radius 2 is 1.84 bits per heavy atom. The van der Waals surface area contributed by atoms with Crippen LogP contribution in [0.15, 0.2) is 53.5 Å². The van der Waals surface area contributed by atoms with E-state index in [0.29, 0.717) is 26.5 Å².